The Bertz CT molecular complexity index is 5530. The van der Waals surface area contributed by atoms with Gasteiger partial charge in [-0.25, -0.2) is 0 Å². The molecule has 1 aromatic heterocycles. The van der Waals surface area contributed by atoms with E-state index in [2.05, 4.69) is 362 Å². The summed E-state index contributed by atoms with van der Waals surface area (Å²) in [4.78, 5) is 5.45. The fraction of sp³-hybridized carbons (Fsp3) is 0.130. The number of nitrogens with zero attached hydrogens (tertiary/aromatic N) is 3. The molecule has 16 aromatic rings. The van der Waals surface area contributed by atoms with E-state index < -0.39 is 0 Å². The Morgan fingerprint density at radius 1 is 0.271 bits per heavy atom. The minimum absolute atomic E-state index is 0.159. The number of fused-ring (bicyclic) bond motifs is 5. The zero-order valence-corrected chi connectivity index (χ0v) is 56.1. The SMILES string of the molecule is CC(C)(C)c1cc(-c2ccccc2)c(N2c3ccc(-c4ccccc4)cc3B3c4ccc(-n5c6ccc7cccc8c9cccc%10ccc5c(c%109)c6c78)cc4N(c4c(-c5ccccc5)cc(C(C)(C)C)cc4-c4ccccc4)c4cc(C(C)(C)C)cc2c43)c(-c2ccccc2)c1. The Hall–Kier alpha value is -10.9. The molecule has 0 bridgehead atoms. The van der Waals surface area contributed by atoms with Gasteiger partial charge in [-0.05, 0) is 182 Å². The summed E-state index contributed by atoms with van der Waals surface area (Å²) in [7, 11) is 0. The maximum Gasteiger partial charge on any atom is 0.252 e. The fourth-order valence-electron chi connectivity index (χ4n) is 16.3. The Morgan fingerprint density at radius 2 is 0.667 bits per heavy atom. The van der Waals surface area contributed by atoms with Crippen LogP contribution >= 0.6 is 0 Å². The smallest absolute Gasteiger partial charge is 0.252 e. The van der Waals surface area contributed by atoms with Gasteiger partial charge in [0.25, 0.3) is 6.71 Å². The molecule has 0 amide bonds. The Morgan fingerprint density at radius 3 is 1.08 bits per heavy atom. The minimum Gasteiger partial charge on any atom is -0.310 e. The van der Waals surface area contributed by atoms with Crippen molar-refractivity contribution >= 4 is 111 Å². The first-order valence-corrected chi connectivity index (χ1v) is 34.2. The van der Waals surface area contributed by atoms with Gasteiger partial charge in [0, 0.05) is 61.5 Å². The van der Waals surface area contributed by atoms with Crippen LogP contribution in [-0.2, 0) is 16.2 Å². The predicted molar refractivity (Wildman–Crippen MR) is 413 cm³/mol. The van der Waals surface area contributed by atoms with E-state index in [-0.39, 0.29) is 23.0 Å². The van der Waals surface area contributed by atoms with Gasteiger partial charge in [-0.2, -0.15) is 0 Å². The average molecular weight is 1230 g/mol. The van der Waals surface area contributed by atoms with Crippen LogP contribution in [0.3, 0.4) is 0 Å². The molecule has 0 aliphatic carbocycles. The number of hydrogen-bond donors (Lipinski definition) is 0. The van der Waals surface area contributed by atoms with Crippen LogP contribution in [0.5, 0.6) is 0 Å². The standard InChI is InChI=1S/C92H74BN3/c1-90(2,3)65-50-71(58-29-17-11-18-30-58)88(72(51-65)59-31-19-12-20-32-59)95-77-46-43-64(57-27-15-10-16-28-57)49-76(77)93-75-45-44-68(94-78-47-41-62-37-25-39-69-70-40-26-38-63-42-48-79(94)86(84(63)70)85(78)83(62)69)56-80(75)96(82-55-67(92(7,8)9)54-81(95)87(82)93)89-73(60-33-21-13-22-34-60)52-66(91(4,5)6)53-74(89)61-35-23-14-24-36-61/h10-56H,1-9H3. The lowest BCUT2D eigenvalue weighted by Gasteiger charge is -2.47. The molecular weight excluding hydrogens is 1160 g/mol. The van der Waals surface area contributed by atoms with Crippen molar-refractivity contribution in [1.82, 2.24) is 4.57 Å². The minimum atomic E-state index is -0.294. The van der Waals surface area contributed by atoms with Crippen molar-refractivity contribution in [2.24, 2.45) is 0 Å². The van der Waals surface area contributed by atoms with Gasteiger partial charge < -0.3 is 14.4 Å². The van der Waals surface area contributed by atoms with Crippen LogP contribution in [0.2, 0.25) is 0 Å². The molecule has 0 saturated carbocycles. The molecule has 0 spiro atoms. The Kier molecular flexibility index (Phi) is 12.8. The lowest BCUT2D eigenvalue weighted by molar-refractivity contribution is 0.590. The first-order chi connectivity index (χ1) is 46.5. The van der Waals surface area contributed by atoms with Gasteiger partial charge in [-0.15, -0.1) is 0 Å². The molecule has 4 heteroatoms. The van der Waals surface area contributed by atoms with Crippen LogP contribution in [0, 0.1) is 0 Å². The van der Waals surface area contributed by atoms with Crippen molar-refractivity contribution in [3.63, 3.8) is 0 Å². The summed E-state index contributed by atoms with van der Waals surface area (Å²) in [5.41, 5.74) is 29.3. The molecule has 0 radical (unpaired) electrons. The number of aromatic nitrogens is 1. The average Bonchev–Trinajstić information content (AvgIpc) is 0.826. The molecule has 3 nitrogen and oxygen atoms in total. The largest absolute Gasteiger partial charge is 0.310 e. The van der Waals surface area contributed by atoms with Crippen LogP contribution in [0.15, 0.2) is 285 Å². The van der Waals surface area contributed by atoms with E-state index in [9.17, 15) is 0 Å². The highest BCUT2D eigenvalue weighted by Gasteiger charge is 2.47. The van der Waals surface area contributed by atoms with Gasteiger partial charge in [0.15, 0.2) is 0 Å². The summed E-state index contributed by atoms with van der Waals surface area (Å²) in [6.45, 7) is 21.1. The molecule has 96 heavy (non-hydrogen) atoms. The van der Waals surface area contributed by atoms with E-state index in [1.54, 1.807) is 0 Å². The monoisotopic (exact) mass is 1230 g/mol. The van der Waals surface area contributed by atoms with Crippen molar-refractivity contribution in [2.75, 3.05) is 9.80 Å². The highest BCUT2D eigenvalue weighted by atomic mass is 15.2. The first kappa shape index (κ1) is 57.7. The third kappa shape index (κ3) is 8.87. The summed E-state index contributed by atoms with van der Waals surface area (Å²) in [6.07, 6.45) is 0. The maximum absolute atomic E-state index is 2.75. The van der Waals surface area contributed by atoms with Crippen molar-refractivity contribution in [3.8, 4) is 61.3 Å². The molecule has 0 atom stereocenters. The molecule has 15 aromatic carbocycles. The number of rotatable bonds is 8. The van der Waals surface area contributed by atoms with E-state index in [4.69, 9.17) is 0 Å². The highest BCUT2D eigenvalue weighted by molar-refractivity contribution is 7.00. The number of benzene rings is 15. The Labute approximate surface area is 563 Å². The molecule has 2 aliphatic rings. The van der Waals surface area contributed by atoms with Crippen molar-refractivity contribution in [3.05, 3.63) is 302 Å². The van der Waals surface area contributed by atoms with Crippen molar-refractivity contribution in [2.45, 2.75) is 78.6 Å². The van der Waals surface area contributed by atoms with E-state index in [1.165, 1.54) is 160 Å². The molecule has 0 N–H and O–H groups in total. The van der Waals surface area contributed by atoms with E-state index in [0.29, 0.717) is 0 Å². The number of anilines is 6. The lowest BCUT2D eigenvalue weighted by Crippen LogP contribution is -2.61. The van der Waals surface area contributed by atoms with Gasteiger partial charge in [0.2, 0.25) is 0 Å². The summed E-state index contributed by atoms with van der Waals surface area (Å²) in [5.74, 6) is 0. The zero-order valence-electron chi connectivity index (χ0n) is 56.1. The molecule has 0 saturated heterocycles. The second-order valence-electron chi connectivity index (χ2n) is 30.0. The third-order valence-corrected chi connectivity index (χ3v) is 21.1. The van der Waals surface area contributed by atoms with E-state index in [0.717, 1.165) is 22.7 Å². The fourth-order valence-corrected chi connectivity index (χ4v) is 16.3. The molecule has 3 heterocycles. The van der Waals surface area contributed by atoms with Crippen molar-refractivity contribution < 1.29 is 0 Å². The zero-order chi connectivity index (χ0) is 65.1. The molecular formula is C92H74BN3. The maximum atomic E-state index is 2.75. The molecule has 460 valence electrons. The quantitative estimate of drug-likeness (QED) is 0.0853. The topological polar surface area (TPSA) is 11.4 Å². The highest BCUT2D eigenvalue weighted by Crippen LogP contribution is 2.56. The summed E-state index contributed by atoms with van der Waals surface area (Å²) in [6, 6.07) is 109. The Balaban J connectivity index is 1.03. The summed E-state index contributed by atoms with van der Waals surface area (Å²) in [5, 5.41) is 10.4. The molecule has 0 unspecified atom stereocenters. The molecule has 18 rings (SSSR count). The van der Waals surface area contributed by atoms with Gasteiger partial charge >= 0.3 is 0 Å². The van der Waals surface area contributed by atoms with E-state index >= 15 is 0 Å². The predicted octanol–water partition coefficient (Wildman–Crippen LogP) is 23.4. The van der Waals surface area contributed by atoms with Crippen LogP contribution < -0.4 is 26.2 Å². The van der Waals surface area contributed by atoms with Gasteiger partial charge in [-0.1, -0.05) is 281 Å². The van der Waals surface area contributed by atoms with Gasteiger partial charge in [0.1, 0.15) is 0 Å². The summed E-state index contributed by atoms with van der Waals surface area (Å²) >= 11 is 0. The normalized spacial score (nSPS) is 13.2. The second-order valence-corrected chi connectivity index (χ2v) is 30.0. The van der Waals surface area contributed by atoms with Crippen LogP contribution in [0.4, 0.5) is 34.1 Å². The van der Waals surface area contributed by atoms with Gasteiger partial charge in [0.05, 0.1) is 22.4 Å². The van der Waals surface area contributed by atoms with Gasteiger partial charge in [-0.3, -0.25) is 0 Å². The van der Waals surface area contributed by atoms with Crippen molar-refractivity contribution in [1.29, 1.82) is 0 Å². The third-order valence-electron chi connectivity index (χ3n) is 21.1. The molecule has 2 aliphatic heterocycles. The van der Waals surface area contributed by atoms with Crippen LogP contribution in [0.1, 0.15) is 79.0 Å². The van der Waals surface area contributed by atoms with E-state index in [1.807, 2.05) is 0 Å². The second kappa shape index (κ2) is 21.3. The van der Waals surface area contributed by atoms with Crippen LogP contribution in [0.25, 0.3) is 115 Å². The van der Waals surface area contributed by atoms with Crippen LogP contribution in [-0.4, -0.2) is 11.3 Å². The summed E-state index contributed by atoms with van der Waals surface area (Å²) < 4.78 is 2.59. The number of hydrogen-bond acceptors (Lipinski definition) is 2. The molecule has 0 fully saturated rings. The first-order valence-electron chi connectivity index (χ1n) is 34.2. The lowest BCUT2D eigenvalue weighted by atomic mass is 9.33.